The number of anilines is 1. The molecule has 0 fully saturated rings. The molecule has 2 aromatic carbocycles. The van der Waals surface area contributed by atoms with Gasteiger partial charge < -0.3 is 9.64 Å². The molecular formula is C20H19FN2OS. The molecule has 3 aromatic rings. The first-order chi connectivity index (χ1) is 12.3. The van der Waals surface area contributed by atoms with Gasteiger partial charge in [-0.05, 0) is 49.2 Å². The van der Waals surface area contributed by atoms with Gasteiger partial charge in [-0.1, -0.05) is 18.2 Å². The van der Waals surface area contributed by atoms with Crippen LogP contribution in [0.2, 0.25) is 0 Å². The van der Waals surface area contributed by atoms with E-state index in [1.54, 1.807) is 11.3 Å². The third kappa shape index (κ3) is 3.82. The molecule has 0 radical (unpaired) electrons. The van der Waals surface area contributed by atoms with Gasteiger partial charge in [-0.25, -0.2) is 9.37 Å². The topological polar surface area (TPSA) is 25.4 Å². The van der Waals surface area contributed by atoms with E-state index >= 15 is 0 Å². The SMILES string of the molecule is Fc1ccc(N2CCCc3nc(COc4ccccc4)sc3C2)cc1. The fourth-order valence-electron chi connectivity index (χ4n) is 3.04. The first-order valence-corrected chi connectivity index (χ1v) is 9.25. The Labute approximate surface area is 150 Å². The van der Waals surface area contributed by atoms with Crippen LogP contribution in [-0.2, 0) is 19.6 Å². The van der Waals surface area contributed by atoms with Crippen molar-refractivity contribution < 1.29 is 9.13 Å². The minimum Gasteiger partial charge on any atom is -0.486 e. The molecule has 5 heteroatoms. The lowest BCUT2D eigenvalue weighted by Gasteiger charge is -2.22. The van der Waals surface area contributed by atoms with Crippen LogP contribution in [-0.4, -0.2) is 11.5 Å². The highest BCUT2D eigenvalue weighted by atomic mass is 32.1. The van der Waals surface area contributed by atoms with Crippen LogP contribution in [0.3, 0.4) is 0 Å². The van der Waals surface area contributed by atoms with Gasteiger partial charge in [0.1, 0.15) is 23.2 Å². The Morgan fingerprint density at radius 3 is 2.68 bits per heavy atom. The van der Waals surface area contributed by atoms with Crippen LogP contribution >= 0.6 is 11.3 Å². The minimum absolute atomic E-state index is 0.197. The molecule has 1 aromatic heterocycles. The number of para-hydroxylation sites is 1. The number of thiazole rings is 1. The second kappa shape index (κ2) is 7.23. The number of fused-ring (bicyclic) bond motifs is 1. The van der Waals surface area contributed by atoms with E-state index in [0.717, 1.165) is 42.4 Å². The van der Waals surface area contributed by atoms with Crippen LogP contribution in [0.4, 0.5) is 10.1 Å². The molecular weight excluding hydrogens is 335 g/mol. The molecule has 128 valence electrons. The maximum Gasteiger partial charge on any atom is 0.140 e. The van der Waals surface area contributed by atoms with Crippen LogP contribution in [0.5, 0.6) is 5.75 Å². The van der Waals surface area contributed by atoms with E-state index in [0.29, 0.717) is 6.61 Å². The van der Waals surface area contributed by atoms with Crippen LogP contribution in [0, 0.1) is 5.82 Å². The lowest BCUT2D eigenvalue weighted by molar-refractivity contribution is 0.305. The molecule has 0 saturated carbocycles. The summed E-state index contributed by atoms with van der Waals surface area (Å²) in [6.07, 6.45) is 2.03. The highest BCUT2D eigenvalue weighted by Crippen LogP contribution is 2.28. The van der Waals surface area contributed by atoms with Crippen LogP contribution in [0.1, 0.15) is 22.0 Å². The normalized spacial score (nSPS) is 14.0. The zero-order valence-electron chi connectivity index (χ0n) is 13.8. The van der Waals surface area contributed by atoms with E-state index in [1.165, 1.54) is 22.7 Å². The summed E-state index contributed by atoms with van der Waals surface area (Å²) in [7, 11) is 0. The van der Waals surface area contributed by atoms with Gasteiger partial charge in [-0.2, -0.15) is 0 Å². The summed E-state index contributed by atoms with van der Waals surface area (Å²) in [6.45, 7) is 2.28. The molecule has 1 aliphatic heterocycles. The van der Waals surface area contributed by atoms with Crippen LogP contribution in [0.25, 0.3) is 0 Å². The molecule has 0 spiro atoms. The third-order valence-electron chi connectivity index (χ3n) is 4.30. The van der Waals surface area contributed by atoms with Crippen molar-refractivity contribution in [3.63, 3.8) is 0 Å². The fourth-order valence-corrected chi connectivity index (χ4v) is 4.09. The van der Waals surface area contributed by atoms with Gasteiger partial charge in [-0.15, -0.1) is 11.3 Å². The lowest BCUT2D eigenvalue weighted by atomic mass is 10.2. The number of ether oxygens (including phenoxy) is 1. The van der Waals surface area contributed by atoms with Crippen molar-refractivity contribution in [2.45, 2.75) is 26.0 Å². The number of hydrogen-bond donors (Lipinski definition) is 0. The maximum absolute atomic E-state index is 13.2. The van der Waals surface area contributed by atoms with Gasteiger partial charge in [0.25, 0.3) is 0 Å². The summed E-state index contributed by atoms with van der Waals surface area (Å²) < 4.78 is 19.0. The van der Waals surface area contributed by atoms with Gasteiger partial charge in [0.15, 0.2) is 0 Å². The van der Waals surface area contributed by atoms with Gasteiger partial charge in [0.05, 0.1) is 12.2 Å². The summed E-state index contributed by atoms with van der Waals surface area (Å²) in [5.41, 5.74) is 2.24. The third-order valence-corrected chi connectivity index (χ3v) is 5.35. The fraction of sp³-hybridized carbons (Fsp3) is 0.250. The van der Waals surface area contributed by atoms with E-state index in [9.17, 15) is 4.39 Å². The smallest absolute Gasteiger partial charge is 0.140 e. The van der Waals surface area contributed by atoms with Crippen molar-refractivity contribution >= 4 is 17.0 Å². The van der Waals surface area contributed by atoms with Crippen LogP contribution < -0.4 is 9.64 Å². The summed E-state index contributed by atoms with van der Waals surface area (Å²) >= 11 is 1.72. The standard InChI is InChI=1S/C20H19FN2OS/c21-15-8-10-16(11-9-15)23-12-4-7-18-19(13-23)25-20(22-18)14-24-17-5-2-1-3-6-17/h1-3,5-6,8-11H,4,7,12-14H2. The zero-order chi connectivity index (χ0) is 17.1. The second-order valence-corrected chi connectivity index (χ2v) is 7.25. The van der Waals surface area contributed by atoms with E-state index in [4.69, 9.17) is 9.72 Å². The van der Waals surface area contributed by atoms with Crippen molar-refractivity contribution in [1.29, 1.82) is 0 Å². The molecule has 0 N–H and O–H groups in total. The van der Waals surface area contributed by atoms with Crippen molar-refractivity contribution in [1.82, 2.24) is 4.98 Å². The predicted molar refractivity (Wildman–Crippen MR) is 98.7 cm³/mol. The summed E-state index contributed by atoms with van der Waals surface area (Å²) in [5.74, 6) is 0.665. The lowest BCUT2D eigenvalue weighted by Crippen LogP contribution is -2.22. The quantitative estimate of drug-likeness (QED) is 0.672. The van der Waals surface area contributed by atoms with Crippen molar-refractivity contribution in [3.05, 3.63) is 76.0 Å². The Balaban J connectivity index is 1.47. The van der Waals surface area contributed by atoms with Gasteiger partial charge in [0.2, 0.25) is 0 Å². The summed E-state index contributed by atoms with van der Waals surface area (Å²) in [4.78, 5) is 8.36. The second-order valence-electron chi connectivity index (χ2n) is 6.08. The number of aryl methyl sites for hydroxylation is 1. The van der Waals surface area contributed by atoms with E-state index < -0.39 is 0 Å². The Kier molecular flexibility index (Phi) is 4.65. The van der Waals surface area contributed by atoms with Gasteiger partial charge in [-0.3, -0.25) is 0 Å². The molecule has 3 nitrogen and oxygen atoms in total. The number of halogens is 1. The first-order valence-electron chi connectivity index (χ1n) is 8.44. The average molecular weight is 354 g/mol. The van der Waals surface area contributed by atoms with Crippen molar-refractivity contribution in [2.24, 2.45) is 0 Å². The Hall–Kier alpha value is -2.40. The van der Waals surface area contributed by atoms with E-state index in [1.807, 2.05) is 42.5 Å². The number of aromatic nitrogens is 1. The molecule has 0 bridgehead atoms. The van der Waals surface area contributed by atoms with Crippen molar-refractivity contribution in [3.8, 4) is 5.75 Å². The Bertz CT molecular complexity index is 833. The summed E-state index contributed by atoms with van der Waals surface area (Å²) in [5, 5.41) is 1.01. The molecule has 25 heavy (non-hydrogen) atoms. The zero-order valence-corrected chi connectivity index (χ0v) is 14.6. The van der Waals surface area contributed by atoms with E-state index in [2.05, 4.69) is 4.90 Å². The minimum atomic E-state index is -0.197. The molecule has 0 atom stereocenters. The highest BCUT2D eigenvalue weighted by Gasteiger charge is 2.19. The number of hydrogen-bond acceptors (Lipinski definition) is 4. The number of nitrogens with zero attached hydrogens (tertiary/aromatic N) is 2. The molecule has 2 heterocycles. The highest BCUT2D eigenvalue weighted by molar-refractivity contribution is 7.11. The maximum atomic E-state index is 13.2. The van der Waals surface area contributed by atoms with Crippen LogP contribution in [0.15, 0.2) is 54.6 Å². The molecule has 0 aliphatic carbocycles. The molecule has 0 amide bonds. The van der Waals surface area contributed by atoms with Crippen molar-refractivity contribution in [2.75, 3.05) is 11.4 Å². The number of benzene rings is 2. The van der Waals surface area contributed by atoms with Gasteiger partial charge >= 0.3 is 0 Å². The molecule has 4 rings (SSSR count). The average Bonchev–Trinajstić information content (AvgIpc) is 2.92. The number of rotatable bonds is 4. The van der Waals surface area contributed by atoms with Gasteiger partial charge in [0, 0.05) is 17.1 Å². The molecule has 0 unspecified atom stereocenters. The first kappa shape index (κ1) is 16.1. The van der Waals surface area contributed by atoms with E-state index in [-0.39, 0.29) is 5.82 Å². The predicted octanol–water partition coefficient (Wildman–Crippen LogP) is 4.81. The Morgan fingerprint density at radius 2 is 1.88 bits per heavy atom. The summed E-state index contributed by atoms with van der Waals surface area (Å²) in [6, 6.07) is 16.5. The molecule has 0 saturated heterocycles. The largest absolute Gasteiger partial charge is 0.486 e. The Morgan fingerprint density at radius 1 is 1.08 bits per heavy atom. The monoisotopic (exact) mass is 354 g/mol. The molecule has 1 aliphatic rings.